The predicted octanol–water partition coefficient (Wildman–Crippen LogP) is 2.93. The van der Waals surface area contributed by atoms with E-state index in [1.54, 1.807) is 0 Å². The summed E-state index contributed by atoms with van der Waals surface area (Å²) >= 11 is 0. The highest BCUT2D eigenvalue weighted by Gasteiger charge is 2.22. The molecule has 1 aromatic heterocycles. The van der Waals surface area contributed by atoms with Gasteiger partial charge in [0.1, 0.15) is 5.69 Å². The van der Waals surface area contributed by atoms with Crippen molar-refractivity contribution < 1.29 is 4.79 Å². The monoisotopic (exact) mass is 326 g/mol. The minimum atomic E-state index is -0.0698. The number of carbonyl (C=O) groups is 1. The average Bonchev–Trinajstić information content (AvgIpc) is 3.08. The second kappa shape index (κ2) is 7.62. The maximum absolute atomic E-state index is 12.3. The van der Waals surface area contributed by atoms with Gasteiger partial charge in [-0.25, -0.2) is 0 Å². The predicted molar refractivity (Wildman–Crippen MR) is 94.9 cm³/mol. The molecule has 0 spiro atoms. The van der Waals surface area contributed by atoms with Crippen LogP contribution >= 0.6 is 0 Å². The Kier molecular flexibility index (Phi) is 5.30. The van der Waals surface area contributed by atoms with Gasteiger partial charge in [0.15, 0.2) is 0 Å². The lowest BCUT2D eigenvalue weighted by atomic mass is 10.0. The SMILES string of the molecule is CC(C)c1cc(C(=O)NC2CCN(Cc3ccccc3)CC2)n[nH]1. The Morgan fingerprint density at radius 3 is 2.62 bits per heavy atom. The Balaban J connectivity index is 1.47. The van der Waals surface area contributed by atoms with Gasteiger partial charge < -0.3 is 5.32 Å². The molecule has 1 aliphatic heterocycles. The van der Waals surface area contributed by atoms with Gasteiger partial charge in [0, 0.05) is 31.4 Å². The van der Waals surface area contributed by atoms with E-state index in [-0.39, 0.29) is 11.9 Å². The number of hydrogen-bond donors (Lipinski definition) is 2. The van der Waals surface area contributed by atoms with E-state index in [4.69, 9.17) is 0 Å². The van der Waals surface area contributed by atoms with Crippen LogP contribution < -0.4 is 5.32 Å². The highest BCUT2D eigenvalue weighted by atomic mass is 16.2. The second-order valence-electron chi connectivity index (χ2n) is 6.87. The van der Waals surface area contributed by atoms with Crippen LogP contribution in [0.1, 0.15) is 54.4 Å². The van der Waals surface area contributed by atoms with Gasteiger partial charge in [0.05, 0.1) is 0 Å². The molecule has 2 N–H and O–H groups in total. The van der Waals surface area contributed by atoms with Gasteiger partial charge in [-0.05, 0) is 30.4 Å². The number of nitrogens with one attached hydrogen (secondary N) is 2. The molecule has 0 radical (unpaired) electrons. The molecule has 0 bridgehead atoms. The number of benzene rings is 1. The van der Waals surface area contributed by atoms with Crippen LogP contribution in [-0.2, 0) is 6.54 Å². The fourth-order valence-electron chi connectivity index (χ4n) is 3.09. The smallest absolute Gasteiger partial charge is 0.271 e. The van der Waals surface area contributed by atoms with Gasteiger partial charge in [-0.3, -0.25) is 14.8 Å². The third-order valence-electron chi connectivity index (χ3n) is 4.62. The Bertz CT molecular complexity index is 657. The van der Waals surface area contributed by atoms with Crippen molar-refractivity contribution in [1.29, 1.82) is 0 Å². The number of rotatable bonds is 5. The quantitative estimate of drug-likeness (QED) is 0.888. The van der Waals surface area contributed by atoms with E-state index in [1.165, 1.54) is 5.56 Å². The summed E-state index contributed by atoms with van der Waals surface area (Å²) < 4.78 is 0. The topological polar surface area (TPSA) is 61.0 Å². The number of hydrogen-bond acceptors (Lipinski definition) is 3. The van der Waals surface area contributed by atoms with Crippen molar-refractivity contribution in [2.45, 2.75) is 45.2 Å². The van der Waals surface area contributed by atoms with Crippen molar-refractivity contribution in [3.05, 3.63) is 53.3 Å². The van der Waals surface area contributed by atoms with Crippen molar-refractivity contribution in [3.8, 4) is 0 Å². The summed E-state index contributed by atoms with van der Waals surface area (Å²) in [5.41, 5.74) is 2.83. The van der Waals surface area contributed by atoms with Gasteiger partial charge >= 0.3 is 0 Å². The first-order valence-electron chi connectivity index (χ1n) is 8.74. The summed E-state index contributed by atoms with van der Waals surface area (Å²) in [6, 6.07) is 12.6. The maximum Gasteiger partial charge on any atom is 0.271 e. The first kappa shape index (κ1) is 16.7. The van der Waals surface area contributed by atoms with Crippen molar-refractivity contribution in [1.82, 2.24) is 20.4 Å². The summed E-state index contributed by atoms with van der Waals surface area (Å²) in [7, 11) is 0. The number of piperidine rings is 1. The molecule has 1 amide bonds. The Hall–Kier alpha value is -2.14. The molecule has 5 nitrogen and oxygen atoms in total. The standard InChI is InChI=1S/C19H26N4O/c1-14(2)17-12-18(22-21-17)19(24)20-16-8-10-23(11-9-16)13-15-6-4-3-5-7-15/h3-7,12,14,16H,8-11,13H2,1-2H3,(H,20,24)(H,21,22). The van der Waals surface area contributed by atoms with Crippen LogP contribution in [-0.4, -0.2) is 40.1 Å². The van der Waals surface area contributed by atoms with Crippen LogP contribution in [0.25, 0.3) is 0 Å². The number of nitrogens with zero attached hydrogens (tertiary/aromatic N) is 2. The lowest BCUT2D eigenvalue weighted by Gasteiger charge is -2.32. The summed E-state index contributed by atoms with van der Waals surface area (Å²) in [6.45, 7) is 7.17. The van der Waals surface area contributed by atoms with Crippen molar-refractivity contribution in [2.24, 2.45) is 0 Å². The summed E-state index contributed by atoms with van der Waals surface area (Å²) in [5, 5.41) is 10.2. The van der Waals surface area contributed by atoms with Crippen LogP contribution in [0.15, 0.2) is 36.4 Å². The van der Waals surface area contributed by atoms with Crippen molar-refractivity contribution >= 4 is 5.91 Å². The van der Waals surface area contributed by atoms with Gasteiger partial charge in [-0.1, -0.05) is 44.2 Å². The van der Waals surface area contributed by atoms with Crippen molar-refractivity contribution in [3.63, 3.8) is 0 Å². The summed E-state index contributed by atoms with van der Waals surface area (Å²) in [4.78, 5) is 14.8. The fraction of sp³-hybridized carbons (Fsp3) is 0.474. The molecule has 0 saturated carbocycles. The maximum atomic E-state index is 12.3. The minimum absolute atomic E-state index is 0.0698. The Morgan fingerprint density at radius 2 is 2.00 bits per heavy atom. The molecule has 24 heavy (non-hydrogen) atoms. The van der Waals surface area contributed by atoms with Gasteiger partial charge in [-0.15, -0.1) is 0 Å². The van der Waals surface area contributed by atoms with Crippen LogP contribution in [0.3, 0.4) is 0 Å². The van der Waals surface area contributed by atoms with E-state index in [0.29, 0.717) is 11.6 Å². The lowest BCUT2D eigenvalue weighted by Crippen LogP contribution is -2.44. The highest BCUT2D eigenvalue weighted by molar-refractivity contribution is 5.92. The van der Waals surface area contributed by atoms with Crippen LogP contribution in [0.4, 0.5) is 0 Å². The molecular weight excluding hydrogens is 300 g/mol. The number of H-pyrrole nitrogens is 1. The second-order valence-corrected chi connectivity index (χ2v) is 6.87. The molecule has 5 heteroatoms. The molecule has 128 valence electrons. The molecule has 0 unspecified atom stereocenters. The third kappa shape index (κ3) is 4.23. The van der Waals surface area contributed by atoms with Gasteiger partial charge in [0.25, 0.3) is 5.91 Å². The molecule has 3 rings (SSSR count). The highest BCUT2D eigenvalue weighted by Crippen LogP contribution is 2.15. The number of aromatic nitrogens is 2. The molecular formula is C19H26N4O. The molecule has 1 aliphatic rings. The normalized spacial score (nSPS) is 16.5. The zero-order valence-corrected chi connectivity index (χ0v) is 14.5. The fourth-order valence-corrected chi connectivity index (χ4v) is 3.09. The molecule has 2 aromatic rings. The average molecular weight is 326 g/mol. The van der Waals surface area contributed by atoms with Gasteiger partial charge in [0.2, 0.25) is 0 Å². The Labute approximate surface area is 143 Å². The van der Waals surface area contributed by atoms with E-state index < -0.39 is 0 Å². The third-order valence-corrected chi connectivity index (χ3v) is 4.62. The van der Waals surface area contributed by atoms with Crippen LogP contribution in [0.5, 0.6) is 0 Å². The summed E-state index contributed by atoms with van der Waals surface area (Å²) in [6.07, 6.45) is 1.97. The molecule has 2 heterocycles. The van der Waals surface area contributed by atoms with Crippen LogP contribution in [0, 0.1) is 0 Å². The molecule has 1 saturated heterocycles. The zero-order valence-electron chi connectivity index (χ0n) is 14.5. The lowest BCUT2D eigenvalue weighted by molar-refractivity contribution is 0.0904. The Morgan fingerprint density at radius 1 is 1.29 bits per heavy atom. The number of carbonyl (C=O) groups excluding carboxylic acids is 1. The van der Waals surface area contributed by atoms with E-state index >= 15 is 0 Å². The summed E-state index contributed by atoms with van der Waals surface area (Å²) in [5.74, 6) is 0.278. The number of aromatic amines is 1. The molecule has 1 fully saturated rings. The van der Waals surface area contributed by atoms with E-state index in [0.717, 1.165) is 38.2 Å². The van der Waals surface area contributed by atoms with Crippen molar-refractivity contribution in [2.75, 3.05) is 13.1 Å². The number of amides is 1. The van der Waals surface area contributed by atoms with E-state index in [1.807, 2.05) is 12.1 Å². The zero-order chi connectivity index (χ0) is 16.9. The minimum Gasteiger partial charge on any atom is -0.348 e. The first-order chi connectivity index (χ1) is 11.6. The molecule has 1 aromatic carbocycles. The molecule has 0 atom stereocenters. The first-order valence-corrected chi connectivity index (χ1v) is 8.74. The van der Waals surface area contributed by atoms with Crippen LogP contribution in [0.2, 0.25) is 0 Å². The number of likely N-dealkylation sites (tertiary alicyclic amines) is 1. The van der Waals surface area contributed by atoms with E-state index in [9.17, 15) is 4.79 Å². The largest absolute Gasteiger partial charge is 0.348 e. The molecule has 0 aliphatic carbocycles. The van der Waals surface area contributed by atoms with Gasteiger partial charge in [-0.2, -0.15) is 5.10 Å². The van der Waals surface area contributed by atoms with E-state index in [2.05, 4.69) is 58.5 Å².